The van der Waals surface area contributed by atoms with Crippen LogP contribution in [0.4, 0.5) is 0 Å². The van der Waals surface area contributed by atoms with E-state index in [9.17, 15) is 5.48 Å². The topological polar surface area (TPSA) is 13.1 Å². The maximum atomic E-state index is 9.25. The molecule has 0 aliphatic carbocycles. The number of furan rings is 1. The lowest BCUT2D eigenvalue weighted by Crippen LogP contribution is -1.90. The fourth-order valence-corrected chi connectivity index (χ4v) is 6.17. The van der Waals surface area contributed by atoms with Gasteiger partial charge in [-0.2, -0.15) is 0 Å². The van der Waals surface area contributed by atoms with Gasteiger partial charge in [0.05, 0.1) is 17.8 Å². The van der Waals surface area contributed by atoms with Crippen molar-refractivity contribution in [3.05, 3.63) is 157 Å². The van der Waals surface area contributed by atoms with E-state index in [1.54, 1.807) is 18.2 Å². The van der Waals surface area contributed by atoms with Crippen molar-refractivity contribution in [1.82, 2.24) is 0 Å². The molecule has 0 aliphatic rings. The minimum Gasteiger partial charge on any atom is -0.455 e. The fraction of sp³-hybridized carbons (Fsp3) is 0. The van der Waals surface area contributed by atoms with Gasteiger partial charge in [0.15, 0.2) is 0 Å². The van der Waals surface area contributed by atoms with E-state index < -0.39 is 84.1 Å². The van der Waals surface area contributed by atoms with Gasteiger partial charge in [-0.3, -0.25) is 0 Å². The number of hydrogen-bond acceptors (Lipinski definition) is 1. The first kappa shape index (κ1) is 14.5. The Kier molecular flexibility index (Phi) is 3.18. The molecule has 0 fully saturated rings. The Hall–Kier alpha value is -5.66. The van der Waals surface area contributed by atoms with Gasteiger partial charge in [0.1, 0.15) is 11.2 Å². The summed E-state index contributed by atoms with van der Waals surface area (Å²) < 4.78 is 121. The van der Waals surface area contributed by atoms with Crippen molar-refractivity contribution in [3.63, 3.8) is 0 Å². The molecule has 0 radical (unpaired) electrons. The van der Waals surface area contributed by atoms with Crippen molar-refractivity contribution < 1.29 is 22.2 Å². The Morgan fingerprint density at radius 1 is 0.419 bits per heavy atom. The molecule has 200 valence electrons. The Labute approximate surface area is 267 Å². The molecule has 1 heterocycles. The molecule has 0 N–H and O–H groups in total. The zero-order chi connectivity index (χ0) is 39.6. The Bertz CT molecular complexity index is 3130. The molecule has 0 amide bonds. The van der Waals surface area contributed by atoms with Crippen molar-refractivity contribution in [1.29, 1.82) is 0 Å². The van der Waals surface area contributed by atoms with E-state index in [4.69, 9.17) is 16.8 Å². The number of benzene rings is 8. The minimum atomic E-state index is -0.715. The van der Waals surface area contributed by atoms with E-state index in [1.807, 2.05) is 60.7 Å². The molecule has 1 aromatic heterocycles. The molecule has 0 saturated heterocycles. The van der Waals surface area contributed by atoms with E-state index in [1.165, 1.54) is 0 Å². The van der Waals surface area contributed by atoms with Gasteiger partial charge < -0.3 is 4.42 Å². The number of hydrogen-bond donors (Lipinski definition) is 0. The van der Waals surface area contributed by atoms with Gasteiger partial charge in [-0.25, -0.2) is 0 Å². The summed E-state index contributed by atoms with van der Waals surface area (Å²) in [5.41, 5.74) is 2.55. The molecular weight excluding hydrogens is 520 g/mol. The van der Waals surface area contributed by atoms with Crippen LogP contribution in [-0.4, -0.2) is 0 Å². The standard InChI is InChI=1S/C42H26O/c1-2-13-28(14-3-1)40-32-17-6-8-19-34(32)41(35-20-9-7-18-33(35)40)29-24-25-39-38(26-29)37-23-11-22-36(42(37)43-39)31-21-10-15-27-12-4-5-16-30(27)31/h1-26H/i1D,2D,3D,6D,7D,8D,9D,13D,14D,17D,18D,19D,20D. The summed E-state index contributed by atoms with van der Waals surface area (Å²) in [6.45, 7) is 0. The number of para-hydroxylation sites is 1. The first-order valence-electron chi connectivity index (χ1n) is 20.2. The predicted octanol–water partition coefficient (Wildman–Crippen LogP) is 12.0. The van der Waals surface area contributed by atoms with Gasteiger partial charge in [-0.1, -0.05) is 145 Å². The number of fused-ring (bicyclic) bond motifs is 6. The lowest BCUT2D eigenvalue weighted by molar-refractivity contribution is 0.670. The van der Waals surface area contributed by atoms with Crippen LogP contribution < -0.4 is 0 Å². The third-order valence-corrected chi connectivity index (χ3v) is 7.99. The third-order valence-electron chi connectivity index (χ3n) is 7.99. The molecule has 0 bridgehead atoms. The molecule has 43 heavy (non-hydrogen) atoms. The van der Waals surface area contributed by atoms with E-state index >= 15 is 0 Å². The predicted molar refractivity (Wildman–Crippen MR) is 183 cm³/mol. The largest absolute Gasteiger partial charge is 0.455 e. The molecule has 0 saturated carbocycles. The first-order chi connectivity index (χ1) is 26.7. The molecule has 0 spiro atoms. The lowest BCUT2D eigenvalue weighted by Gasteiger charge is -2.17. The van der Waals surface area contributed by atoms with Crippen molar-refractivity contribution in [2.24, 2.45) is 0 Å². The second-order valence-electron chi connectivity index (χ2n) is 10.3. The van der Waals surface area contributed by atoms with Crippen LogP contribution >= 0.6 is 0 Å². The van der Waals surface area contributed by atoms with Crippen LogP contribution in [0.2, 0.25) is 0 Å². The lowest BCUT2D eigenvalue weighted by atomic mass is 9.86. The van der Waals surface area contributed by atoms with Gasteiger partial charge in [-0.15, -0.1) is 0 Å². The smallest absolute Gasteiger partial charge is 0.143 e. The van der Waals surface area contributed by atoms with E-state index in [0.29, 0.717) is 22.1 Å². The average molecular weight is 560 g/mol. The minimum absolute atomic E-state index is 0.0616. The fourth-order valence-electron chi connectivity index (χ4n) is 6.17. The highest BCUT2D eigenvalue weighted by atomic mass is 16.3. The highest BCUT2D eigenvalue weighted by molar-refractivity contribution is 6.22. The third kappa shape index (κ3) is 3.65. The van der Waals surface area contributed by atoms with Crippen LogP contribution in [0.3, 0.4) is 0 Å². The average Bonchev–Trinajstić information content (AvgIpc) is 3.59. The van der Waals surface area contributed by atoms with Crippen molar-refractivity contribution in [2.75, 3.05) is 0 Å². The van der Waals surface area contributed by atoms with Crippen LogP contribution in [0.15, 0.2) is 162 Å². The molecule has 1 heteroatoms. The second-order valence-corrected chi connectivity index (χ2v) is 10.3. The zero-order valence-electron chi connectivity index (χ0n) is 35.4. The second kappa shape index (κ2) is 9.44. The van der Waals surface area contributed by atoms with Gasteiger partial charge >= 0.3 is 0 Å². The molecule has 0 atom stereocenters. The van der Waals surface area contributed by atoms with E-state index in [-0.39, 0.29) is 32.7 Å². The summed E-state index contributed by atoms with van der Waals surface area (Å²) in [6.07, 6.45) is 0. The van der Waals surface area contributed by atoms with E-state index in [2.05, 4.69) is 0 Å². The summed E-state index contributed by atoms with van der Waals surface area (Å²) in [7, 11) is 0. The van der Waals surface area contributed by atoms with Gasteiger partial charge in [-0.05, 0) is 72.3 Å². The molecule has 1 nitrogen and oxygen atoms in total. The molecule has 0 aliphatic heterocycles. The summed E-state index contributed by atoms with van der Waals surface area (Å²) in [5.74, 6) is 0. The van der Waals surface area contributed by atoms with E-state index in [0.717, 1.165) is 27.3 Å². The normalized spacial score (nSPS) is 16.0. The summed E-state index contributed by atoms with van der Waals surface area (Å²) >= 11 is 0. The van der Waals surface area contributed by atoms with Gasteiger partial charge in [0.2, 0.25) is 0 Å². The monoisotopic (exact) mass is 559 g/mol. The van der Waals surface area contributed by atoms with Crippen LogP contribution in [0.25, 0.3) is 87.6 Å². The Balaban J connectivity index is 1.47. The quantitative estimate of drug-likeness (QED) is 0.196. The first-order valence-corrected chi connectivity index (χ1v) is 13.7. The van der Waals surface area contributed by atoms with Crippen molar-refractivity contribution >= 4 is 54.3 Å². The van der Waals surface area contributed by atoms with Crippen LogP contribution in [-0.2, 0) is 0 Å². The maximum absolute atomic E-state index is 9.25. The SMILES string of the molecule is [2H]c1c([2H])c([2H])c(-c2c3c([2H])c([2H])c([2H])c([2H])c3c(-c3ccc4oc5c(-c6cccc7ccccc67)cccc5c4c3)c3c([2H])c([2H])c([2H])c([2H])c23)c([2H])c1[2H]. The highest BCUT2D eigenvalue weighted by Crippen LogP contribution is 2.45. The molecular formula is C42H26O. The molecule has 9 aromatic rings. The van der Waals surface area contributed by atoms with Crippen molar-refractivity contribution in [3.8, 4) is 33.4 Å². The Morgan fingerprint density at radius 2 is 1.00 bits per heavy atom. The van der Waals surface area contributed by atoms with Crippen LogP contribution in [0.1, 0.15) is 17.8 Å². The molecule has 0 unspecified atom stereocenters. The van der Waals surface area contributed by atoms with Crippen molar-refractivity contribution in [2.45, 2.75) is 0 Å². The molecule has 8 aromatic carbocycles. The highest BCUT2D eigenvalue weighted by Gasteiger charge is 2.19. The zero-order valence-corrected chi connectivity index (χ0v) is 22.4. The summed E-state index contributed by atoms with van der Waals surface area (Å²) in [4.78, 5) is 0. The summed E-state index contributed by atoms with van der Waals surface area (Å²) in [5, 5.41) is 2.68. The number of rotatable bonds is 3. The Morgan fingerprint density at radius 3 is 1.74 bits per heavy atom. The van der Waals surface area contributed by atoms with Gasteiger partial charge in [0, 0.05) is 16.3 Å². The van der Waals surface area contributed by atoms with Crippen LogP contribution in [0.5, 0.6) is 0 Å². The van der Waals surface area contributed by atoms with Gasteiger partial charge in [0.25, 0.3) is 0 Å². The van der Waals surface area contributed by atoms with Crippen LogP contribution in [0, 0.1) is 0 Å². The molecule has 9 rings (SSSR count). The maximum Gasteiger partial charge on any atom is 0.143 e. The summed E-state index contributed by atoms with van der Waals surface area (Å²) in [6, 6.07) is 16.6.